The van der Waals surface area contributed by atoms with Gasteiger partial charge in [0.2, 0.25) is 0 Å². The second-order valence-corrected chi connectivity index (χ2v) is 4.37. The van der Waals surface area contributed by atoms with E-state index in [4.69, 9.17) is 0 Å². The maximum absolute atomic E-state index is 2.31. The van der Waals surface area contributed by atoms with Crippen molar-refractivity contribution in [2.75, 3.05) is 13.6 Å². The molecule has 0 bridgehead atoms. The van der Waals surface area contributed by atoms with Crippen molar-refractivity contribution in [3.8, 4) is 0 Å². The first-order valence-corrected chi connectivity index (χ1v) is 5.24. The zero-order valence-electron chi connectivity index (χ0n) is 9.52. The Kier molecular flexibility index (Phi) is 2.18. The molecule has 0 spiro atoms. The van der Waals surface area contributed by atoms with Gasteiger partial charge in [-0.25, -0.2) is 4.58 Å². The van der Waals surface area contributed by atoms with Gasteiger partial charge in [-0.05, 0) is 49.1 Å². The van der Waals surface area contributed by atoms with Crippen molar-refractivity contribution >= 4 is 6.21 Å². The van der Waals surface area contributed by atoms with Crippen molar-refractivity contribution in [1.29, 1.82) is 0 Å². The third-order valence-corrected chi connectivity index (χ3v) is 3.40. The van der Waals surface area contributed by atoms with Gasteiger partial charge in [0, 0.05) is 12.0 Å². The highest BCUT2D eigenvalue weighted by Gasteiger charge is 2.16. The molecule has 1 aliphatic heterocycles. The fraction of sp³-hybridized carbons (Fsp3) is 0.462. The first kappa shape index (κ1) is 9.45. The van der Waals surface area contributed by atoms with E-state index >= 15 is 0 Å². The maximum atomic E-state index is 2.31. The first-order valence-electron chi connectivity index (χ1n) is 5.24. The Morgan fingerprint density at radius 1 is 1.14 bits per heavy atom. The van der Waals surface area contributed by atoms with Crippen LogP contribution < -0.4 is 0 Å². The van der Waals surface area contributed by atoms with Crippen molar-refractivity contribution < 1.29 is 4.58 Å². The average Bonchev–Trinajstić information content (AvgIpc) is 2.14. The predicted molar refractivity (Wildman–Crippen MR) is 60.6 cm³/mol. The largest absolute Gasteiger partial charge is 0.238 e. The Morgan fingerprint density at radius 3 is 2.57 bits per heavy atom. The third-order valence-electron chi connectivity index (χ3n) is 3.40. The summed E-state index contributed by atoms with van der Waals surface area (Å²) >= 11 is 0. The average molecular weight is 188 g/mol. The molecule has 1 heterocycles. The lowest BCUT2D eigenvalue weighted by Crippen LogP contribution is -2.20. The molecule has 0 amide bonds. The first-order chi connectivity index (χ1) is 6.59. The van der Waals surface area contributed by atoms with Gasteiger partial charge in [0.05, 0.1) is 0 Å². The number of benzene rings is 1. The molecule has 14 heavy (non-hydrogen) atoms. The van der Waals surface area contributed by atoms with E-state index in [-0.39, 0.29) is 0 Å². The molecule has 1 heteroatoms. The van der Waals surface area contributed by atoms with E-state index in [0.717, 1.165) is 6.54 Å². The molecular formula is C13H18N+. The molecule has 0 N–H and O–H groups in total. The van der Waals surface area contributed by atoms with E-state index in [1.165, 1.54) is 28.7 Å². The number of fused-ring (bicyclic) bond motifs is 1. The molecule has 2 rings (SSSR count). The third kappa shape index (κ3) is 1.37. The van der Waals surface area contributed by atoms with E-state index in [0.29, 0.717) is 0 Å². The fourth-order valence-corrected chi connectivity index (χ4v) is 2.20. The molecule has 0 radical (unpaired) electrons. The Hall–Kier alpha value is -1.11. The molecular weight excluding hydrogens is 170 g/mol. The summed E-state index contributed by atoms with van der Waals surface area (Å²) in [6.45, 7) is 7.82. The number of hydrogen-bond acceptors (Lipinski definition) is 0. The van der Waals surface area contributed by atoms with Crippen molar-refractivity contribution in [2.45, 2.75) is 27.2 Å². The lowest BCUT2D eigenvalue weighted by atomic mass is 9.91. The van der Waals surface area contributed by atoms with Crippen LogP contribution in [0.25, 0.3) is 0 Å². The molecule has 0 fully saturated rings. The van der Waals surface area contributed by atoms with Crippen LogP contribution in [0.3, 0.4) is 0 Å². The maximum Gasteiger partial charge on any atom is 0.170 e. The predicted octanol–water partition coefficient (Wildman–Crippen LogP) is 2.23. The van der Waals surface area contributed by atoms with Crippen molar-refractivity contribution in [1.82, 2.24) is 0 Å². The Balaban J connectivity index is 2.67. The fourth-order valence-electron chi connectivity index (χ4n) is 2.20. The lowest BCUT2D eigenvalue weighted by Gasteiger charge is -2.16. The molecule has 1 aromatic carbocycles. The summed E-state index contributed by atoms with van der Waals surface area (Å²) < 4.78 is 2.27. The van der Waals surface area contributed by atoms with Crippen LogP contribution in [-0.4, -0.2) is 24.4 Å². The number of aryl methyl sites for hydroxylation is 1. The van der Waals surface area contributed by atoms with Crippen LogP contribution >= 0.6 is 0 Å². The quantitative estimate of drug-likeness (QED) is 0.549. The molecule has 0 unspecified atom stereocenters. The summed E-state index contributed by atoms with van der Waals surface area (Å²) in [5.41, 5.74) is 7.32. The zero-order valence-corrected chi connectivity index (χ0v) is 9.52. The second kappa shape index (κ2) is 3.23. The molecule has 1 aliphatic rings. The summed E-state index contributed by atoms with van der Waals surface area (Å²) in [6, 6.07) is 2.31. The van der Waals surface area contributed by atoms with Crippen LogP contribution in [0.5, 0.6) is 0 Å². The molecule has 74 valence electrons. The highest BCUT2D eigenvalue weighted by atomic mass is 15.0. The summed E-state index contributed by atoms with van der Waals surface area (Å²) in [4.78, 5) is 0. The molecule has 0 saturated heterocycles. The topological polar surface area (TPSA) is 3.01 Å². The van der Waals surface area contributed by atoms with Crippen LogP contribution in [0.15, 0.2) is 6.07 Å². The minimum absolute atomic E-state index is 1.15. The van der Waals surface area contributed by atoms with Crippen LogP contribution in [0.4, 0.5) is 0 Å². The number of hydrogen-bond donors (Lipinski definition) is 0. The Morgan fingerprint density at radius 2 is 1.86 bits per heavy atom. The number of nitrogens with zero attached hydrogens (tertiary/aromatic N) is 1. The van der Waals surface area contributed by atoms with Crippen molar-refractivity contribution in [3.05, 3.63) is 33.9 Å². The summed E-state index contributed by atoms with van der Waals surface area (Å²) in [7, 11) is 2.15. The van der Waals surface area contributed by atoms with Gasteiger partial charge in [0.25, 0.3) is 0 Å². The normalized spacial score (nSPS) is 15.0. The van der Waals surface area contributed by atoms with E-state index in [1.54, 1.807) is 5.56 Å². The minimum atomic E-state index is 1.15. The lowest BCUT2D eigenvalue weighted by molar-refractivity contribution is -0.493. The highest BCUT2D eigenvalue weighted by molar-refractivity contribution is 5.80. The van der Waals surface area contributed by atoms with Gasteiger partial charge >= 0.3 is 0 Å². The van der Waals surface area contributed by atoms with Crippen LogP contribution in [0.2, 0.25) is 0 Å². The summed E-state index contributed by atoms with van der Waals surface area (Å²) in [6.07, 6.45) is 3.45. The Bertz CT molecular complexity index is 414. The smallest absolute Gasteiger partial charge is 0.170 e. The molecule has 1 nitrogen and oxygen atoms in total. The van der Waals surface area contributed by atoms with E-state index in [2.05, 4.69) is 44.7 Å². The minimum Gasteiger partial charge on any atom is -0.238 e. The van der Waals surface area contributed by atoms with Crippen LogP contribution in [0, 0.1) is 20.8 Å². The standard InChI is InChI=1S/C13H18N/c1-9-7-12-8-14(4)6-5-13(12)11(3)10(9)2/h7-8H,5-6H2,1-4H3/q+1. The zero-order chi connectivity index (χ0) is 10.3. The van der Waals surface area contributed by atoms with Gasteiger partial charge < -0.3 is 0 Å². The summed E-state index contributed by atoms with van der Waals surface area (Å²) in [5, 5.41) is 0. The van der Waals surface area contributed by atoms with E-state index < -0.39 is 0 Å². The van der Waals surface area contributed by atoms with Gasteiger partial charge in [0.1, 0.15) is 13.6 Å². The van der Waals surface area contributed by atoms with Crippen LogP contribution in [-0.2, 0) is 6.42 Å². The van der Waals surface area contributed by atoms with E-state index in [1.807, 2.05) is 0 Å². The molecule has 0 aromatic heterocycles. The number of rotatable bonds is 0. The SMILES string of the molecule is Cc1cc2c(c(C)c1C)CC[N+](C)=C2. The van der Waals surface area contributed by atoms with Gasteiger partial charge in [-0.15, -0.1) is 0 Å². The highest BCUT2D eigenvalue weighted by Crippen LogP contribution is 2.22. The van der Waals surface area contributed by atoms with Gasteiger partial charge in [0.15, 0.2) is 6.21 Å². The molecule has 0 saturated carbocycles. The molecule has 1 aromatic rings. The molecule has 0 atom stereocenters. The van der Waals surface area contributed by atoms with E-state index in [9.17, 15) is 0 Å². The Labute approximate surface area is 86.1 Å². The number of likely N-dealkylation sites (N-methyl/N-ethyl adjacent to an activating group) is 1. The monoisotopic (exact) mass is 188 g/mol. The van der Waals surface area contributed by atoms with Gasteiger partial charge in [-0.2, -0.15) is 0 Å². The van der Waals surface area contributed by atoms with Crippen molar-refractivity contribution in [2.24, 2.45) is 0 Å². The van der Waals surface area contributed by atoms with Gasteiger partial charge in [-0.3, -0.25) is 0 Å². The molecule has 0 aliphatic carbocycles. The van der Waals surface area contributed by atoms with Crippen LogP contribution in [0.1, 0.15) is 27.8 Å². The summed E-state index contributed by atoms with van der Waals surface area (Å²) in [5.74, 6) is 0. The van der Waals surface area contributed by atoms with Crippen molar-refractivity contribution in [3.63, 3.8) is 0 Å². The van der Waals surface area contributed by atoms with Gasteiger partial charge in [-0.1, -0.05) is 0 Å². The second-order valence-electron chi connectivity index (χ2n) is 4.37.